The average molecular weight is 435 g/mol. The third-order valence-corrected chi connectivity index (χ3v) is 4.85. The third-order valence-electron chi connectivity index (χ3n) is 4.85. The van der Waals surface area contributed by atoms with Crippen LogP contribution in [-0.2, 0) is 4.79 Å². The van der Waals surface area contributed by atoms with Gasteiger partial charge < -0.3 is 20.5 Å². The quantitative estimate of drug-likeness (QED) is 0.371. The number of amides is 1. The van der Waals surface area contributed by atoms with Gasteiger partial charge in [-0.15, -0.1) is 0 Å². The smallest absolute Gasteiger partial charge is 0.334 e. The van der Waals surface area contributed by atoms with Crippen molar-refractivity contribution in [2.75, 3.05) is 6.54 Å². The van der Waals surface area contributed by atoms with Crippen molar-refractivity contribution in [1.82, 2.24) is 15.3 Å². The Morgan fingerprint density at radius 3 is 2.03 bits per heavy atom. The minimum absolute atomic E-state index is 0.0230. The number of carbonyl (C=O) groups excluding carboxylic acids is 2. The number of carboxylic acid groups (broad SMARTS) is 1. The Labute approximate surface area is 182 Å². The van der Waals surface area contributed by atoms with E-state index in [1.54, 1.807) is 0 Å². The Bertz CT molecular complexity index is 1120. The average Bonchev–Trinajstić information content (AvgIpc) is 2.81. The summed E-state index contributed by atoms with van der Waals surface area (Å²) in [6, 6.07) is 18.9. The summed E-state index contributed by atoms with van der Waals surface area (Å²) in [5.74, 6) is -3.49. The number of ketones is 1. The molecule has 0 fully saturated rings. The van der Waals surface area contributed by atoms with Crippen molar-refractivity contribution in [3.63, 3.8) is 0 Å². The number of H-pyrrole nitrogens is 1. The van der Waals surface area contributed by atoms with Crippen molar-refractivity contribution in [3.05, 3.63) is 99.7 Å². The summed E-state index contributed by atoms with van der Waals surface area (Å²) in [6.45, 7) is -0.561. The van der Waals surface area contributed by atoms with E-state index < -0.39 is 41.7 Å². The number of aliphatic carboxylic acids is 1. The topological polar surface area (TPSA) is 149 Å². The maximum atomic E-state index is 12.9. The highest BCUT2D eigenvalue weighted by molar-refractivity contribution is 5.97. The minimum Gasteiger partial charge on any atom is -0.479 e. The second-order valence-electron chi connectivity index (χ2n) is 7.04. The molecule has 0 bridgehead atoms. The predicted molar refractivity (Wildman–Crippen MR) is 115 cm³/mol. The van der Waals surface area contributed by atoms with Crippen LogP contribution in [-0.4, -0.2) is 50.5 Å². The summed E-state index contributed by atoms with van der Waals surface area (Å²) in [7, 11) is 0. The second kappa shape index (κ2) is 10.3. The Balaban J connectivity index is 1.78. The summed E-state index contributed by atoms with van der Waals surface area (Å²) >= 11 is 0. The molecule has 1 amide bonds. The fourth-order valence-electron chi connectivity index (χ4n) is 3.16. The normalized spacial score (nSPS) is 11.7. The number of aromatic amines is 1. The van der Waals surface area contributed by atoms with E-state index >= 15 is 0 Å². The van der Waals surface area contributed by atoms with Gasteiger partial charge in [0.05, 0.1) is 6.54 Å². The molecule has 32 heavy (non-hydrogen) atoms. The molecule has 0 saturated carbocycles. The molecule has 164 valence electrons. The number of rotatable bonds is 9. The van der Waals surface area contributed by atoms with Crippen molar-refractivity contribution in [2.45, 2.75) is 18.4 Å². The molecule has 0 saturated heterocycles. The van der Waals surface area contributed by atoms with Gasteiger partial charge in [-0.25, -0.2) is 9.78 Å². The Morgan fingerprint density at radius 2 is 1.53 bits per heavy atom. The van der Waals surface area contributed by atoms with Crippen LogP contribution in [0.15, 0.2) is 71.7 Å². The molecule has 3 rings (SSSR count). The molecule has 0 unspecified atom stereocenters. The van der Waals surface area contributed by atoms with E-state index in [-0.39, 0.29) is 17.9 Å². The van der Waals surface area contributed by atoms with Crippen molar-refractivity contribution in [2.24, 2.45) is 0 Å². The summed E-state index contributed by atoms with van der Waals surface area (Å²) < 4.78 is 0. The van der Waals surface area contributed by atoms with E-state index in [4.69, 9.17) is 5.11 Å². The monoisotopic (exact) mass is 435 g/mol. The van der Waals surface area contributed by atoms with Crippen molar-refractivity contribution in [1.29, 1.82) is 0 Å². The number of hydrogen-bond acceptors (Lipinski definition) is 6. The molecule has 0 aliphatic rings. The second-order valence-corrected chi connectivity index (χ2v) is 7.04. The number of hydrogen-bond donors (Lipinski definition) is 4. The molecule has 3 aromatic rings. The van der Waals surface area contributed by atoms with Gasteiger partial charge >= 0.3 is 5.97 Å². The molecule has 4 N–H and O–H groups in total. The minimum atomic E-state index is -1.79. The number of Topliss-reactive ketones (excluding diaryl/α,β-unsaturated/α-hetero) is 1. The molecule has 1 heterocycles. The van der Waals surface area contributed by atoms with Crippen LogP contribution >= 0.6 is 0 Å². The number of carbonyl (C=O) groups is 3. The highest BCUT2D eigenvalue weighted by Gasteiger charge is 2.22. The molecular weight excluding hydrogens is 414 g/mol. The van der Waals surface area contributed by atoms with Gasteiger partial charge in [0.2, 0.25) is 0 Å². The Kier molecular flexibility index (Phi) is 7.25. The molecular formula is C23H21N3O6. The molecule has 0 spiro atoms. The number of nitrogens with zero attached hydrogens (tertiary/aromatic N) is 1. The van der Waals surface area contributed by atoms with Gasteiger partial charge in [-0.1, -0.05) is 60.7 Å². The summed E-state index contributed by atoms with van der Waals surface area (Å²) in [5.41, 5.74) is 0.867. The Hall–Kier alpha value is -4.11. The first kappa shape index (κ1) is 22.6. The maximum absolute atomic E-state index is 12.9. The summed E-state index contributed by atoms with van der Waals surface area (Å²) in [4.78, 5) is 54.1. The van der Waals surface area contributed by atoms with Gasteiger partial charge in [-0.05, 0) is 11.1 Å². The Morgan fingerprint density at radius 1 is 0.969 bits per heavy atom. The number of aromatic nitrogens is 2. The van der Waals surface area contributed by atoms with Crippen LogP contribution in [0.25, 0.3) is 0 Å². The molecule has 2 aromatic carbocycles. The lowest BCUT2D eigenvalue weighted by Crippen LogP contribution is -2.38. The first-order chi connectivity index (χ1) is 15.4. The molecule has 0 aliphatic heterocycles. The van der Waals surface area contributed by atoms with Gasteiger partial charge in [0.25, 0.3) is 11.5 Å². The van der Waals surface area contributed by atoms with E-state index in [0.717, 1.165) is 17.3 Å². The van der Waals surface area contributed by atoms with E-state index in [9.17, 15) is 24.3 Å². The van der Waals surface area contributed by atoms with Crippen LogP contribution in [0.2, 0.25) is 0 Å². The summed E-state index contributed by atoms with van der Waals surface area (Å²) in [5, 5.41) is 20.0. The highest BCUT2D eigenvalue weighted by atomic mass is 16.4. The first-order valence-corrected chi connectivity index (χ1v) is 9.78. The summed E-state index contributed by atoms with van der Waals surface area (Å²) in [6.07, 6.45) is -0.745. The first-order valence-electron chi connectivity index (χ1n) is 9.78. The zero-order valence-electron chi connectivity index (χ0n) is 16.9. The van der Waals surface area contributed by atoms with Crippen LogP contribution in [0.4, 0.5) is 0 Å². The third kappa shape index (κ3) is 5.52. The van der Waals surface area contributed by atoms with Crippen LogP contribution < -0.4 is 10.9 Å². The SMILES string of the molecule is O=C(NC[C@H](O)C(=O)O)c1ncc(C(=O)CC(c2ccccc2)c2ccccc2)c(=O)[nH]1. The lowest BCUT2D eigenvalue weighted by Gasteiger charge is -2.17. The number of carboxylic acids is 1. The van der Waals surface area contributed by atoms with Gasteiger partial charge in [-0.3, -0.25) is 14.4 Å². The van der Waals surface area contributed by atoms with E-state index in [1.165, 1.54) is 0 Å². The number of aliphatic hydroxyl groups is 1. The standard InChI is InChI=1S/C23H21N3O6/c27-18(11-16(14-7-3-1-4-8-14)15-9-5-2-6-10-15)17-12-24-20(26-21(17)29)22(30)25-13-19(28)23(31)32/h1-10,12,16,19,28H,11,13H2,(H,25,30)(H,31,32)(H,24,26,29)/t19-/m0/s1. The van der Waals surface area contributed by atoms with Crippen LogP contribution in [0.5, 0.6) is 0 Å². The van der Waals surface area contributed by atoms with Crippen molar-refractivity contribution >= 4 is 17.7 Å². The maximum Gasteiger partial charge on any atom is 0.334 e. The van der Waals surface area contributed by atoms with Gasteiger partial charge in [0.15, 0.2) is 17.7 Å². The van der Waals surface area contributed by atoms with Crippen molar-refractivity contribution < 1.29 is 24.6 Å². The molecule has 0 aliphatic carbocycles. The number of aliphatic hydroxyl groups excluding tert-OH is 1. The molecule has 0 radical (unpaired) electrons. The zero-order chi connectivity index (χ0) is 23.1. The van der Waals surface area contributed by atoms with E-state index in [0.29, 0.717) is 0 Å². The lowest BCUT2D eigenvalue weighted by atomic mass is 9.86. The van der Waals surface area contributed by atoms with Gasteiger partial charge in [0.1, 0.15) is 5.56 Å². The molecule has 9 nitrogen and oxygen atoms in total. The van der Waals surface area contributed by atoms with Crippen molar-refractivity contribution in [3.8, 4) is 0 Å². The number of nitrogens with one attached hydrogen (secondary N) is 2. The fraction of sp³-hybridized carbons (Fsp3) is 0.174. The van der Waals surface area contributed by atoms with Crippen LogP contribution in [0.3, 0.4) is 0 Å². The predicted octanol–water partition coefficient (Wildman–Crippen LogP) is 1.35. The number of benzene rings is 2. The molecule has 1 atom stereocenters. The zero-order valence-corrected chi connectivity index (χ0v) is 16.9. The van der Waals surface area contributed by atoms with Gasteiger partial charge in [0, 0.05) is 18.5 Å². The molecule has 9 heteroatoms. The van der Waals surface area contributed by atoms with Gasteiger partial charge in [-0.2, -0.15) is 0 Å². The highest BCUT2D eigenvalue weighted by Crippen LogP contribution is 2.28. The van der Waals surface area contributed by atoms with Crippen LogP contribution in [0.1, 0.15) is 44.4 Å². The van der Waals surface area contributed by atoms with E-state index in [1.807, 2.05) is 60.7 Å². The lowest BCUT2D eigenvalue weighted by molar-refractivity contribution is -0.146. The molecule has 1 aromatic heterocycles. The largest absolute Gasteiger partial charge is 0.479 e. The van der Waals surface area contributed by atoms with E-state index in [2.05, 4.69) is 15.3 Å². The van der Waals surface area contributed by atoms with Crippen LogP contribution in [0, 0.1) is 0 Å². The fourth-order valence-corrected chi connectivity index (χ4v) is 3.16.